The molecule has 0 aliphatic heterocycles. The lowest BCUT2D eigenvalue weighted by Crippen LogP contribution is -2.47. The molecule has 0 spiro atoms. The van der Waals surface area contributed by atoms with Gasteiger partial charge in [-0.2, -0.15) is 0 Å². The predicted octanol–water partition coefficient (Wildman–Crippen LogP) is 1.29. The Hall–Kier alpha value is -1.83. The lowest BCUT2D eigenvalue weighted by atomic mass is 9.89. The van der Waals surface area contributed by atoms with Crippen molar-refractivity contribution in [3.63, 3.8) is 0 Å². The molecule has 0 heterocycles. The van der Waals surface area contributed by atoms with Gasteiger partial charge < -0.3 is 15.8 Å². The van der Waals surface area contributed by atoms with Crippen LogP contribution in [0.5, 0.6) is 0 Å². The molecule has 1 fully saturated rings. The quantitative estimate of drug-likeness (QED) is 0.812. The maximum atomic E-state index is 12.1. The third-order valence-corrected chi connectivity index (χ3v) is 3.29. The molecule has 20 heavy (non-hydrogen) atoms. The second-order valence-electron chi connectivity index (χ2n) is 4.81. The molecule has 0 aromatic heterocycles. The Labute approximate surface area is 119 Å². The lowest BCUT2D eigenvalue weighted by Gasteiger charge is -2.35. The molecule has 0 unspecified atom stereocenters. The highest BCUT2D eigenvalue weighted by atomic mass is 16.5. The molecule has 0 bridgehead atoms. The van der Waals surface area contributed by atoms with E-state index in [0.29, 0.717) is 18.2 Å². The number of nitrogens with two attached hydrogens (primary N) is 1. The van der Waals surface area contributed by atoms with Crippen molar-refractivity contribution >= 4 is 5.91 Å². The van der Waals surface area contributed by atoms with Crippen LogP contribution in [-0.2, 0) is 4.74 Å². The van der Waals surface area contributed by atoms with Crippen LogP contribution in [0, 0.1) is 11.8 Å². The zero-order valence-corrected chi connectivity index (χ0v) is 11.7. The van der Waals surface area contributed by atoms with Gasteiger partial charge in [0.15, 0.2) is 0 Å². The molecule has 0 saturated heterocycles. The van der Waals surface area contributed by atoms with E-state index in [1.807, 2.05) is 19.1 Å². The van der Waals surface area contributed by atoms with Crippen molar-refractivity contribution in [2.45, 2.75) is 31.9 Å². The summed E-state index contributed by atoms with van der Waals surface area (Å²) in [4.78, 5) is 12.1. The predicted molar refractivity (Wildman–Crippen MR) is 78.3 cm³/mol. The van der Waals surface area contributed by atoms with Crippen LogP contribution in [0.1, 0.15) is 35.7 Å². The number of benzene rings is 1. The molecular weight excluding hydrogens is 252 g/mol. The molecule has 3 N–H and O–H groups in total. The molecular formula is C16H20N2O2. The first-order valence-corrected chi connectivity index (χ1v) is 6.94. The summed E-state index contributed by atoms with van der Waals surface area (Å²) in [5.74, 6) is 5.66. The van der Waals surface area contributed by atoms with E-state index in [-0.39, 0.29) is 11.9 Å². The Morgan fingerprint density at radius 2 is 2.30 bits per heavy atom. The van der Waals surface area contributed by atoms with E-state index >= 15 is 0 Å². The molecule has 4 nitrogen and oxygen atoms in total. The van der Waals surface area contributed by atoms with Crippen molar-refractivity contribution in [3.8, 4) is 11.8 Å². The summed E-state index contributed by atoms with van der Waals surface area (Å²) in [5, 5.41) is 3.01. The van der Waals surface area contributed by atoms with Gasteiger partial charge in [0.05, 0.1) is 12.6 Å². The molecule has 0 radical (unpaired) electrons. The molecule has 1 aromatic rings. The lowest BCUT2D eigenvalue weighted by molar-refractivity contribution is -0.00862. The van der Waals surface area contributed by atoms with Gasteiger partial charge in [0.1, 0.15) is 0 Å². The molecule has 1 aromatic carbocycles. The monoisotopic (exact) mass is 272 g/mol. The topological polar surface area (TPSA) is 64.3 Å². The first-order valence-electron chi connectivity index (χ1n) is 6.94. The minimum Gasteiger partial charge on any atom is -0.378 e. The van der Waals surface area contributed by atoms with Crippen molar-refractivity contribution in [1.82, 2.24) is 5.32 Å². The number of hydrogen-bond donors (Lipinski definition) is 2. The zero-order chi connectivity index (χ0) is 14.4. The average molecular weight is 272 g/mol. The molecule has 4 heteroatoms. The fraction of sp³-hybridized carbons (Fsp3) is 0.438. The Bertz CT molecular complexity index is 525. The van der Waals surface area contributed by atoms with Crippen LogP contribution in [0.3, 0.4) is 0 Å². The summed E-state index contributed by atoms with van der Waals surface area (Å²) in [7, 11) is 0. The summed E-state index contributed by atoms with van der Waals surface area (Å²) < 4.78 is 5.48. The van der Waals surface area contributed by atoms with Gasteiger partial charge in [-0.3, -0.25) is 4.79 Å². The Balaban J connectivity index is 1.90. The van der Waals surface area contributed by atoms with Crippen LogP contribution in [0.2, 0.25) is 0 Å². The van der Waals surface area contributed by atoms with Crippen LogP contribution < -0.4 is 11.1 Å². The summed E-state index contributed by atoms with van der Waals surface area (Å²) in [6.07, 6.45) is 2.09. The molecule has 0 atom stereocenters. The van der Waals surface area contributed by atoms with Gasteiger partial charge in [-0.15, -0.1) is 0 Å². The van der Waals surface area contributed by atoms with Gasteiger partial charge in [0.25, 0.3) is 5.91 Å². The maximum Gasteiger partial charge on any atom is 0.251 e. The van der Waals surface area contributed by atoms with Crippen LogP contribution in [-0.4, -0.2) is 31.2 Å². The number of ether oxygens (including phenoxy) is 1. The van der Waals surface area contributed by atoms with Crippen molar-refractivity contribution in [2.75, 3.05) is 13.2 Å². The average Bonchev–Trinajstić information content (AvgIpc) is 2.43. The molecule has 106 valence electrons. The highest BCUT2D eigenvalue weighted by Crippen LogP contribution is 2.23. The fourth-order valence-corrected chi connectivity index (χ4v) is 2.22. The van der Waals surface area contributed by atoms with Crippen molar-refractivity contribution in [2.24, 2.45) is 5.73 Å². The Morgan fingerprint density at radius 1 is 1.50 bits per heavy atom. The van der Waals surface area contributed by atoms with Gasteiger partial charge in [0, 0.05) is 23.8 Å². The zero-order valence-electron chi connectivity index (χ0n) is 11.7. The largest absolute Gasteiger partial charge is 0.378 e. The number of amides is 1. The molecule has 1 aliphatic carbocycles. The van der Waals surface area contributed by atoms with Crippen LogP contribution in [0.15, 0.2) is 24.3 Å². The third-order valence-electron chi connectivity index (χ3n) is 3.29. The first-order chi connectivity index (χ1) is 9.72. The Kier molecular flexibility index (Phi) is 5.16. The van der Waals surface area contributed by atoms with Crippen LogP contribution in [0.4, 0.5) is 0 Å². The van der Waals surface area contributed by atoms with Crippen molar-refractivity contribution < 1.29 is 9.53 Å². The standard InChI is InChI=1S/C16H20N2O2/c1-2-20-15-10-14(11-15)18-16(19)13-7-3-5-12(9-13)6-4-8-17/h3,5,7,9,14-15H,2,8,10-11,17H2,1H3,(H,18,19). The van der Waals surface area contributed by atoms with E-state index in [2.05, 4.69) is 17.2 Å². The number of rotatable bonds is 4. The van der Waals surface area contributed by atoms with E-state index < -0.39 is 0 Å². The SMILES string of the molecule is CCOC1CC(NC(=O)c2cccc(C#CCN)c2)C1. The van der Waals surface area contributed by atoms with E-state index in [4.69, 9.17) is 10.5 Å². The normalized spacial score (nSPS) is 20.5. The third kappa shape index (κ3) is 3.83. The Morgan fingerprint density at radius 3 is 3.00 bits per heavy atom. The van der Waals surface area contributed by atoms with Gasteiger partial charge in [-0.1, -0.05) is 17.9 Å². The van der Waals surface area contributed by atoms with E-state index in [0.717, 1.165) is 25.0 Å². The van der Waals surface area contributed by atoms with Crippen molar-refractivity contribution in [3.05, 3.63) is 35.4 Å². The molecule has 1 aliphatic rings. The summed E-state index contributed by atoms with van der Waals surface area (Å²) in [6.45, 7) is 3.03. The van der Waals surface area contributed by atoms with E-state index in [1.54, 1.807) is 12.1 Å². The van der Waals surface area contributed by atoms with Crippen LogP contribution >= 0.6 is 0 Å². The van der Waals surface area contributed by atoms with E-state index in [9.17, 15) is 4.79 Å². The number of nitrogens with one attached hydrogen (secondary N) is 1. The minimum atomic E-state index is -0.0543. The number of carbonyl (C=O) groups is 1. The van der Waals surface area contributed by atoms with Crippen molar-refractivity contribution in [1.29, 1.82) is 0 Å². The van der Waals surface area contributed by atoms with Crippen LogP contribution in [0.25, 0.3) is 0 Å². The highest BCUT2D eigenvalue weighted by molar-refractivity contribution is 5.94. The maximum absolute atomic E-state index is 12.1. The summed E-state index contributed by atoms with van der Waals surface area (Å²) in [6, 6.07) is 7.50. The van der Waals surface area contributed by atoms with E-state index in [1.165, 1.54) is 0 Å². The number of hydrogen-bond acceptors (Lipinski definition) is 3. The van der Waals surface area contributed by atoms with Gasteiger partial charge in [-0.05, 0) is 38.0 Å². The van der Waals surface area contributed by atoms with Gasteiger partial charge in [0.2, 0.25) is 0 Å². The summed E-state index contributed by atoms with van der Waals surface area (Å²) in [5.41, 5.74) is 6.78. The number of carbonyl (C=O) groups excluding carboxylic acids is 1. The highest BCUT2D eigenvalue weighted by Gasteiger charge is 2.30. The minimum absolute atomic E-state index is 0.0543. The molecule has 2 rings (SSSR count). The van der Waals surface area contributed by atoms with Gasteiger partial charge >= 0.3 is 0 Å². The second kappa shape index (κ2) is 7.09. The molecule has 1 saturated carbocycles. The smallest absolute Gasteiger partial charge is 0.251 e. The summed E-state index contributed by atoms with van der Waals surface area (Å²) >= 11 is 0. The second-order valence-corrected chi connectivity index (χ2v) is 4.81. The fourth-order valence-electron chi connectivity index (χ4n) is 2.22. The van der Waals surface area contributed by atoms with Gasteiger partial charge in [-0.25, -0.2) is 0 Å². The molecule has 1 amide bonds. The first kappa shape index (κ1) is 14.6.